The second-order valence-corrected chi connectivity index (χ2v) is 7.73. The number of rotatable bonds is 10. The average Bonchev–Trinajstić information content (AvgIpc) is 2.74. The molecule has 0 aliphatic heterocycles. The SMILES string of the molecule is CCN(CC)S(=O)(=O)c1ccc(N/N=C\c2cc(OC)c(OC)cc2OC)nc1. The molecule has 0 saturated heterocycles. The number of hydrogen-bond acceptors (Lipinski definition) is 8. The minimum Gasteiger partial charge on any atom is -0.496 e. The largest absolute Gasteiger partial charge is 0.496 e. The number of aromatic nitrogens is 1. The summed E-state index contributed by atoms with van der Waals surface area (Å²) in [6.07, 6.45) is 2.85. The summed E-state index contributed by atoms with van der Waals surface area (Å²) in [4.78, 5) is 4.26. The van der Waals surface area contributed by atoms with E-state index in [1.54, 1.807) is 59.6 Å². The molecule has 2 aromatic rings. The number of pyridine rings is 1. The third-order valence-corrected chi connectivity index (χ3v) is 6.23. The summed E-state index contributed by atoms with van der Waals surface area (Å²) in [5, 5.41) is 4.14. The van der Waals surface area contributed by atoms with Gasteiger partial charge in [0.2, 0.25) is 10.0 Å². The van der Waals surface area contributed by atoms with Gasteiger partial charge in [-0.2, -0.15) is 9.41 Å². The van der Waals surface area contributed by atoms with Gasteiger partial charge in [-0.25, -0.2) is 13.4 Å². The van der Waals surface area contributed by atoms with Crippen LogP contribution in [0.1, 0.15) is 19.4 Å². The number of nitrogens with zero attached hydrogens (tertiary/aromatic N) is 3. The van der Waals surface area contributed by atoms with Crippen LogP contribution in [0.15, 0.2) is 40.5 Å². The van der Waals surface area contributed by atoms with Crippen molar-refractivity contribution >= 4 is 22.1 Å². The van der Waals surface area contributed by atoms with Crippen LogP contribution >= 0.6 is 0 Å². The Morgan fingerprint density at radius 2 is 1.66 bits per heavy atom. The van der Waals surface area contributed by atoms with E-state index in [1.165, 1.54) is 16.6 Å². The summed E-state index contributed by atoms with van der Waals surface area (Å²) >= 11 is 0. The predicted octanol–water partition coefficient (Wildman–Crippen LogP) is 2.58. The normalized spacial score (nSPS) is 11.7. The van der Waals surface area contributed by atoms with E-state index in [9.17, 15) is 8.42 Å². The Bertz CT molecular complexity index is 942. The number of hydrogen-bond donors (Lipinski definition) is 1. The predicted molar refractivity (Wildman–Crippen MR) is 112 cm³/mol. The van der Waals surface area contributed by atoms with E-state index in [2.05, 4.69) is 15.5 Å². The molecule has 9 nitrogen and oxygen atoms in total. The van der Waals surface area contributed by atoms with Crippen LogP contribution in [-0.4, -0.2) is 58.3 Å². The van der Waals surface area contributed by atoms with Gasteiger partial charge in [0.05, 0.1) is 27.5 Å². The highest BCUT2D eigenvalue weighted by molar-refractivity contribution is 7.89. The molecule has 0 spiro atoms. The zero-order chi connectivity index (χ0) is 21.4. The number of ether oxygens (including phenoxy) is 3. The molecule has 0 amide bonds. The first kappa shape index (κ1) is 22.4. The van der Waals surface area contributed by atoms with Crippen LogP contribution in [0.4, 0.5) is 5.82 Å². The minimum atomic E-state index is -3.54. The lowest BCUT2D eigenvalue weighted by atomic mass is 10.2. The molecule has 158 valence electrons. The third kappa shape index (κ3) is 5.15. The number of nitrogens with one attached hydrogen (secondary N) is 1. The molecule has 1 heterocycles. The van der Waals surface area contributed by atoms with Gasteiger partial charge in [0, 0.05) is 30.9 Å². The Morgan fingerprint density at radius 1 is 1.03 bits per heavy atom. The molecule has 2 rings (SSSR count). The van der Waals surface area contributed by atoms with Crippen LogP contribution in [0.2, 0.25) is 0 Å². The topological polar surface area (TPSA) is 102 Å². The number of benzene rings is 1. The maximum Gasteiger partial charge on any atom is 0.244 e. The fourth-order valence-corrected chi connectivity index (χ4v) is 4.04. The highest BCUT2D eigenvalue weighted by Gasteiger charge is 2.21. The van der Waals surface area contributed by atoms with Crippen molar-refractivity contribution in [3.8, 4) is 17.2 Å². The van der Waals surface area contributed by atoms with Crippen LogP contribution in [0.3, 0.4) is 0 Å². The fraction of sp³-hybridized carbons (Fsp3) is 0.368. The molecule has 0 aliphatic carbocycles. The second kappa shape index (κ2) is 10.1. The standard InChI is InChI=1S/C19H26N4O5S/c1-6-23(7-2)29(24,25)15-8-9-19(20-13-15)22-21-12-14-10-17(27-4)18(28-5)11-16(14)26-3/h8-13H,6-7H2,1-5H3,(H,20,22)/b21-12-. The second-order valence-electron chi connectivity index (χ2n) is 5.79. The molecule has 29 heavy (non-hydrogen) atoms. The highest BCUT2D eigenvalue weighted by atomic mass is 32.2. The summed E-state index contributed by atoms with van der Waals surface area (Å²) in [6, 6.07) is 6.48. The monoisotopic (exact) mass is 422 g/mol. The van der Waals surface area contributed by atoms with E-state index in [-0.39, 0.29) is 4.90 Å². The molecule has 1 N–H and O–H groups in total. The Balaban J connectivity index is 2.17. The van der Waals surface area contributed by atoms with Crippen molar-refractivity contribution in [2.45, 2.75) is 18.7 Å². The average molecular weight is 423 g/mol. The molecule has 0 saturated carbocycles. The molecule has 1 aromatic heterocycles. The van der Waals surface area contributed by atoms with Crippen LogP contribution in [0, 0.1) is 0 Å². The quantitative estimate of drug-likeness (QED) is 0.464. The van der Waals surface area contributed by atoms with Crippen molar-refractivity contribution in [2.75, 3.05) is 39.8 Å². The van der Waals surface area contributed by atoms with Crippen molar-refractivity contribution in [3.63, 3.8) is 0 Å². The Morgan fingerprint density at radius 3 is 2.17 bits per heavy atom. The minimum absolute atomic E-state index is 0.136. The highest BCUT2D eigenvalue weighted by Crippen LogP contribution is 2.33. The first-order chi connectivity index (χ1) is 13.9. The van der Waals surface area contributed by atoms with E-state index in [4.69, 9.17) is 14.2 Å². The molecule has 0 bridgehead atoms. The van der Waals surface area contributed by atoms with Crippen molar-refractivity contribution in [3.05, 3.63) is 36.0 Å². The summed E-state index contributed by atoms with van der Waals surface area (Å²) in [5.41, 5.74) is 3.43. The number of anilines is 1. The van der Waals surface area contributed by atoms with Gasteiger partial charge >= 0.3 is 0 Å². The van der Waals surface area contributed by atoms with Crippen LogP contribution < -0.4 is 19.6 Å². The Hall–Kier alpha value is -2.85. The zero-order valence-corrected chi connectivity index (χ0v) is 18.0. The molecular formula is C19H26N4O5S. The van der Waals surface area contributed by atoms with Gasteiger partial charge in [-0.1, -0.05) is 13.8 Å². The lowest BCUT2D eigenvalue weighted by Gasteiger charge is -2.18. The lowest BCUT2D eigenvalue weighted by Crippen LogP contribution is -2.30. The molecule has 10 heteroatoms. The van der Waals surface area contributed by atoms with E-state index in [0.717, 1.165) is 0 Å². The van der Waals surface area contributed by atoms with E-state index >= 15 is 0 Å². The molecule has 1 aromatic carbocycles. The van der Waals surface area contributed by atoms with E-state index in [1.807, 2.05) is 0 Å². The first-order valence-electron chi connectivity index (χ1n) is 8.96. The van der Waals surface area contributed by atoms with Gasteiger partial charge in [0.1, 0.15) is 16.5 Å². The van der Waals surface area contributed by atoms with Crippen LogP contribution in [-0.2, 0) is 10.0 Å². The molecular weight excluding hydrogens is 396 g/mol. The van der Waals surface area contributed by atoms with Crippen LogP contribution in [0.5, 0.6) is 17.2 Å². The maximum atomic E-state index is 12.5. The summed E-state index contributed by atoms with van der Waals surface area (Å²) in [6.45, 7) is 4.38. The first-order valence-corrected chi connectivity index (χ1v) is 10.4. The van der Waals surface area contributed by atoms with Crippen molar-refractivity contribution < 1.29 is 22.6 Å². The number of methoxy groups -OCH3 is 3. The number of hydrazone groups is 1. The summed E-state index contributed by atoms with van der Waals surface area (Å²) in [5.74, 6) is 2.04. The molecule has 0 radical (unpaired) electrons. The van der Waals surface area contributed by atoms with E-state index < -0.39 is 10.0 Å². The zero-order valence-electron chi connectivity index (χ0n) is 17.2. The molecule has 0 atom stereocenters. The van der Waals surface area contributed by atoms with Crippen molar-refractivity contribution in [2.24, 2.45) is 5.10 Å². The fourth-order valence-electron chi connectivity index (χ4n) is 2.63. The van der Waals surface area contributed by atoms with Gasteiger partial charge in [0.25, 0.3) is 0 Å². The van der Waals surface area contributed by atoms with E-state index in [0.29, 0.717) is 41.7 Å². The lowest BCUT2D eigenvalue weighted by molar-refractivity contribution is 0.349. The van der Waals surface area contributed by atoms with Crippen LogP contribution in [0.25, 0.3) is 0 Å². The van der Waals surface area contributed by atoms with Gasteiger partial charge in [-0.05, 0) is 18.2 Å². The molecule has 0 aliphatic rings. The maximum absolute atomic E-state index is 12.5. The third-order valence-electron chi connectivity index (χ3n) is 4.20. The smallest absolute Gasteiger partial charge is 0.244 e. The molecule has 0 fully saturated rings. The van der Waals surface area contributed by atoms with Crippen molar-refractivity contribution in [1.29, 1.82) is 0 Å². The number of sulfonamides is 1. The Labute approximate surface area is 171 Å². The van der Waals surface area contributed by atoms with Gasteiger partial charge in [-0.3, -0.25) is 5.43 Å². The summed E-state index contributed by atoms with van der Waals surface area (Å²) < 4.78 is 42.2. The van der Waals surface area contributed by atoms with Gasteiger partial charge in [0.15, 0.2) is 11.5 Å². The van der Waals surface area contributed by atoms with Gasteiger partial charge in [-0.15, -0.1) is 0 Å². The van der Waals surface area contributed by atoms with Crippen molar-refractivity contribution in [1.82, 2.24) is 9.29 Å². The Kier molecular flexibility index (Phi) is 7.80. The molecule has 0 unspecified atom stereocenters. The van der Waals surface area contributed by atoms with Gasteiger partial charge < -0.3 is 14.2 Å². The summed E-state index contributed by atoms with van der Waals surface area (Å²) in [7, 11) is 1.09.